The fourth-order valence-electron chi connectivity index (χ4n) is 3.85. The number of hydrogen-bond donors (Lipinski definition) is 0. The predicted molar refractivity (Wildman–Crippen MR) is 158 cm³/mol. The molecule has 8 nitrogen and oxygen atoms in total. The molecule has 224 valence electrons. The molecule has 0 heterocycles. The van der Waals surface area contributed by atoms with Crippen molar-refractivity contribution in [1.29, 1.82) is 0 Å². The van der Waals surface area contributed by atoms with Gasteiger partial charge in [0, 0.05) is 30.4 Å². The average molecular weight is 569 g/mol. The van der Waals surface area contributed by atoms with Crippen LogP contribution in [0.1, 0.15) is 64.5 Å². The Bertz CT molecular complexity index is 990. The highest BCUT2D eigenvalue weighted by atomic mass is 16.7. The van der Waals surface area contributed by atoms with Gasteiger partial charge in [0.05, 0.1) is 26.4 Å². The van der Waals surface area contributed by atoms with E-state index in [-0.39, 0.29) is 5.41 Å². The number of rotatable bonds is 20. The van der Waals surface area contributed by atoms with E-state index >= 15 is 0 Å². The molecule has 0 bridgehead atoms. The Hall–Kier alpha value is -3.62. The maximum atomic E-state index is 11.5. The predicted octanol–water partition coefficient (Wildman–Crippen LogP) is 6.51. The molecular weight excluding hydrogens is 524 g/mol. The second-order valence-corrected chi connectivity index (χ2v) is 9.83. The molecule has 2 rings (SSSR count). The summed E-state index contributed by atoms with van der Waals surface area (Å²) >= 11 is 0. The number of benzene rings is 2. The standard InChI is InChI=1S/C33H44O8/c1-7-21-38-31(40-29(34)9-3)19-23-36-27-15-11-25(12-16-27)33(5,6)26-13-17-28(18-14-26)37-24-20-32(39-22-8-2)41-30(35)10-4/h9-18,31-32H,3-4,7-8,19-24H2,1-2,5-6H3. The van der Waals surface area contributed by atoms with Crippen LogP contribution in [0, 0.1) is 0 Å². The number of carbonyl (C=O) groups excluding carboxylic acids is 2. The summed E-state index contributed by atoms with van der Waals surface area (Å²) < 4.78 is 33.4. The van der Waals surface area contributed by atoms with Crippen LogP contribution < -0.4 is 9.47 Å². The smallest absolute Gasteiger partial charge is 0.332 e. The van der Waals surface area contributed by atoms with Crippen molar-refractivity contribution in [3.8, 4) is 11.5 Å². The lowest BCUT2D eigenvalue weighted by Gasteiger charge is -2.26. The molecule has 0 spiro atoms. The van der Waals surface area contributed by atoms with Crippen molar-refractivity contribution in [3.05, 3.63) is 85.0 Å². The van der Waals surface area contributed by atoms with Gasteiger partial charge in [-0.2, -0.15) is 0 Å². The van der Waals surface area contributed by atoms with Crippen molar-refractivity contribution < 1.29 is 38.0 Å². The number of carbonyl (C=O) groups is 2. The van der Waals surface area contributed by atoms with Crippen LogP contribution in [-0.2, 0) is 34.0 Å². The Balaban J connectivity index is 1.91. The molecule has 2 aromatic rings. The van der Waals surface area contributed by atoms with E-state index in [4.69, 9.17) is 28.4 Å². The molecule has 0 radical (unpaired) electrons. The third-order valence-electron chi connectivity index (χ3n) is 6.24. The largest absolute Gasteiger partial charge is 0.493 e. The summed E-state index contributed by atoms with van der Waals surface area (Å²) in [7, 11) is 0. The molecule has 2 atom stereocenters. The molecule has 2 unspecified atom stereocenters. The SMILES string of the molecule is C=CC(=O)OC(CCOc1ccc(C(C)(C)c2ccc(OCCC(OCCC)OC(=O)C=C)cc2)cc1)OCCC. The number of ether oxygens (including phenoxy) is 6. The lowest BCUT2D eigenvalue weighted by molar-refractivity contribution is -0.176. The first-order valence-electron chi connectivity index (χ1n) is 14.1. The van der Waals surface area contributed by atoms with Gasteiger partial charge in [-0.1, -0.05) is 65.1 Å². The lowest BCUT2D eigenvalue weighted by Crippen LogP contribution is -2.23. The van der Waals surface area contributed by atoms with Crippen molar-refractivity contribution >= 4 is 11.9 Å². The molecule has 0 fully saturated rings. The summed E-state index contributed by atoms with van der Waals surface area (Å²) in [6.45, 7) is 16.8. The van der Waals surface area contributed by atoms with Crippen molar-refractivity contribution in [1.82, 2.24) is 0 Å². The van der Waals surface area contributed by atoms with E-state index in [0.717, 1.165) is 47.6 Å². The van der Waals surface area contributed by atoms with Gasteiger partial charge in [-0.3, -0.25) is 0 Å². The minimum Gasteiger partial charge on any atom is -0.493 e. The zero-order valence-electron chi connectivity index (χ0n) is 24.8. The van der Waals surface area contributed by atoms with Gasteiger partial charge in [-0.05, 0) is 48.2 Å². The Morgan fingerprint density at radius 1 is 0.683 bits per heavy atom. The zero-order valence-corrected chi connectivity index (χ0v) is 24.8. The van der Waals surface area contributed by atoms with E-state index in [1.54, 1.807) is 0 Å². The van der Waals surface area contributed by atoms with E-state index < -0.39 is 24.5 Å². The van der Waals surface area contributed by atoms with Crippen LogP contribution in [0.15, 0.2) is 73.8 Å². The fourth-order valence-corrected chi connectivity index (χ4v) is 3.85. The Labute approximate surface area is 244 Å². The molecule has 0 aliphatic carbocycles. The minimum atomic E-state index is -0.670. The molecule has 0 saturated carbocycles. The van der Waals surface area contributed by atoms with Gasteiger partial charge in [-0.25, -0.2) is 9.59 Å². The molecule has 0 aliphatic rings. The van der Waals surface area contributed by atoms with Crippen LogP contribution in [0.5, 0.6) is 11.5 Å². The molecule has 8 heteroatoms. The Kier molecular flexibility index (Phi) is 14.7. The summed E-state index contributed by atoms with van der Waals surface area (Å²) in [6, 6.07) is 15.9. The summed E-state index contributed by atoms with van der Waals surface area (Å²) in [5, 5.41) is 0. The molecule has 0 aliphatic heterocycles. The molecule has 41 heavy (non-hydrogen) atoms. The quantitative estimate of drug-likeness (QED) is 0.101. The van der Waals surface area contributed by atoms with Crippen molar-refractivity contribution in [2.24, 2.45) is 0 Å². The van der Waals surface area contributed by atoms with Gasteiger partial charge >= 0.3 is 11.9 Å². The summed E-state index contributed by atoms with van der Waals surface area (Å²) in [4.78, 5) is 23.1. The molecule has 2 aromatic carbocycles. The van der Waals surface area contributed by atoms with Crippen LogP contribution in [0.2, 0.25) is 0 Å². The van der Waals surface area contributed by atoms with Gasteiger partial charge in [0.2, 0.25) is 12.6 Å². The zero-order chi connectivity index (χ0) is 30.1. The highest BCUT2D eigenvalue weighted by molar-refractivity contribution is 5.81. The third-order valence-corrected chi connectivity index (χ3v) is 6.24. The van der Waals surface area contributed by atoms with Crippen molar-refractivity contribution in [2.45, 2.75) is 71.4 Å². The normalized spacial score (nSPS) is 12.6. The average Bonchev–Trinajstić information content (AvgIpc) is 2.98. The number of esters is 2. The first kappa shape index (κ1) is 33.6. The topological polar surface area (TPSA) is 89.5 Å². The highest BCUT2D eigenvalue weighted by Crippen LogP contribution is 2.33. The van der Waals surface area contributed by atoms with E-state index in [1.165, 1.54) is 0 Å². The number of hydrogen-bond acceptors (Lipinski definition) is 8. The van der Waals surface area contributed by atoms with Crippen LogP contribution >= 0.6 is 0 Å². The molecule has 0 N–H and O–H groups in total. The molecule has 0 aromatic heterocycles. The van der Waals surface area contributed by atoms with Crippen LogP contribution in [0.25, 0.3) is 0 Å². The maximum Gasteiger partial charge on any atom is 0.332 e. The molecule has 0 amide bonds. The Morgan fingerprint density at radius 2 is 1.05 bits per heavy atom. The van der Waals surface area contributed by atoms with Crippen LogP contribution in [-0.4, -0.2) is 50.9 Å². The first-order valence-corrected chi connectivity index (χ1v) is 14.1. The van der Waals surface area contributed by atoms with Gasteiger partial charge in [0.1, 0.15) is 11.5 Å². The van der Waals surface area contributed by atoms with E-state index in [0.29, 0.717) is 39.3 Å². The lowest BCUT2D eigenvalue weighted by atomic mass is 9.78. The van der Waals surface area contributed by atoms with Gasteiger partial charge < -0.3 is 28.4 Å². The molecular formula is C33H44O8. The van der Waals surface area contributed by atoms with Gasteiger partial charge in [0.25, 0.3) is 0 Å². The highest BCUT2D eigenvalue weighted by Gasteiger charge is 2.23. The minimum absolute atomic E-state index is 0.257. The van der Waals surface area contributed by atoms with Crippen molar-refractivity contribution in [3.63, 3.8) is 0 Å². The monoisotopic (exact) mass is 568 g/mol. The second-order valence-electron chi connectivity index (χ2n) is 9.83. The van der Waals surface area contributed by atoms with E-state index in [2.05, 4.69) is 27.0 Å². The van der Waals surface area contributed by atoms with Crippen LogP contribution in [0.3, 0.4) is 0 Å². The second kappa shape index (κ2) is 17.9. The summed E-state index contributed by atoms with van der Waals surface area (Å²) in [5.41, 5.74) is 2.00. The first-order chi connectivity index (χ1) is 19.7. The van der Waals surface area contributed by atoms with Crippen molar-refractivity contribution in [2.75, 3.05) is 26.4 Å². The summed E-state index contributed by atoms with van der Waals surface area (Å²) in [6.07, 6.45) is 3.36. The van der Waals surface area contributed by atoms with Gasteiger partial charge in [0.15, 0.2) is 0 Å². The fraction of sp³-hybridized carbons (Fsp3) is 0.455. The third kappa shape index (κ3) is 11.8. The van der Waals surface area contributed by atoms with Crippen LogP contribution in [0.4, 0.5) is 0 Å². The van der Waals surface area contributed by atoms with E-state index in [9.17, 15) is 9.59 Å². The molecule has 0 saturated heterocycles. The Morgan fingerprint density at radius 3 is 1.37 bits per heavy atom. The van der Waals surface area contributed by atoms with E-state index in [1.807, 2.05) is 62.4 Å². The van der Waals surface area contributed by atoms with Gasteiger partial charge in [-0.15, -0.1) is 0 Å². The maximum absolute atomic E-state index is 11.5. The summed E-state index contributed by atoms with van der Waals surface area (Å²) in [5.74, 6) is 0.402.